The Bertz CT molecular complexity index is 340. The predicted octanol–water partition coefficient (Wildman–Crippen LogP) is 1.09. The van der Waals surface area contributed by atoms with E-state index in [2.05, 4.69) is 13.0 Å². The minimum Gasteiger partial charge on any atom is -0.376 e. The molecule has 3 atom stereocenters. The molecule has 0 aromatic heterocycles. The van der Waals surface area contributed by atoms with Crippen LogP contribution in [0.25, 0.3) is 0 Å². The maximum Gasteiger partial charge on any atom is 0.223 e. The number of nitrogens with zero attached hydrogens (tertiary/aromatic N) is 2. The standard InChI is InChI=1S/C13H20N2O3/c1-10-2-3-12(18-10)4-5-13(16)15-6-7-17-9-11(15)8-14/h10-12H,2-7,9H2,1H3/t10-,11-,12+/m1/s1. The first-order chi connectivity index (χ1) is 8.70. The SMILES string of the molecule is C[C@@H]1CC[C@@H](CCC(=O)N2CCOC[C@H]2C#N)O1. The van der Waals surface area contributed by atoms with Crippen LogP contribution in [0, 0.1) is 11.3 Å². The van der Waals surface area contributed by atoms with Gasteiger partial charge in [-0.25, -0.2) is 0 Å². The molecule has 0 aromatic rings. The molecule has 5 nitrogen and oxygen atoms in total. The van der Waals surface area contributed by atoms with Crippen molar-refractivity contribution in [1.29, 1.82) is 5.26 Å². The van der Waals surface area contributed by atoms with E-state index >= 15 is 0 Å². The Morgan fingerprint density at radius 2 is 2.33 bits per heavy atom. The highest BCUT2D eigenvalue weighted by molar-refractivity contribution is 5.77. The fourth-order valence-electron chi connectivity index (χ4n) is 2.53. The molecule has 2 rings (SSSR count). The van der Waals surface area contributed by atoms with Crippen LogP contribution in [0.5, 0.6) is 0 Å². The van der Waals surface area contributed by atoms with Crippen molar-refractivity contribution in [2.24, 2.45) is 0 Å². The number of hydrogen-bond donors (Lipinski definition) is 0. The molecular formula is C13H20N2O3. The summed E-state index contributed by atoms with van der Waals surface area (Å²) in [6, 6.07) is 1.70. The van der Waals surface area contributed by atoms with Gasteiger partial charge in [0.1, 0.15) is 6.04 Å². The topological polar surface area (TPSA) is 62.6 Å². The summed E-state index contributed by atoms with van der Waals surface area (Å²) in [5.74, 6) is 0.0491. The number of morpholine rings is 1. The Labute approximate surface area is 108 Å². The molecule has 5 heteroatoms. The third kappa shape index (κ3) is 3.21. The van der Waals surface area contributed by atoms with E-state index in [1.807, 2.05) is 0 Å². The van der Waals surface area contributed by atoms with Crippen molar-refractivity contribution < 1.29 is 14.3 Å². The number of hydrogen-bond acceptors (Lipinski definition) is 4. The quantitative estimate of drug-likeness (QED) is 0.754. The summed E-state index contributed by atoms with van der Waals surface area (Å²) in [4.78, 5) is 13.7. The molecule has 0 unspecified atom stereocenters. The maximum atomic E-state index is 12.1. The highest BCUT2D eigenvalue weighted by Crippen LogP contribution is 2.23. The van der Waals surface area contributed by atoms with Gasteiger partial charge >= 0.3 is 0 Å². The van der Waals surface area contributed by atoms with Crippen molar-refractivity contribution in [3.8, 4) is 6.07 Å². The van der Waals surface area contributed by atoms with Crippen molar-refractivity contribution in [1.82, 2.24) is 4.90 Å². The Balaban J connectivity index is 1.78. The second-order valence-electron chi connectivity index (χ2n) is 4.99. The number of rotatable bonds is 3. The number of amides is 1. The summed E-state index contributed by atoms with van der Waals surface area (Å²) >= 11 is 0. The molecular weight excluding hydrogens is 232 g/mol. The van der Waals surface area contributed by atoms with Gasteiger partial charge < -0.3 is 14.4 Å². The smallest absolute Gasteiger partial charge is 0.223 e. The van der Waals surface area contributed by atoms with E-state index in [0.717, 1.165) is 19.3 Å². The van der Waals surface area contributed by atoms with Gasteiger partial charge in [-0.2, -0.15) is 5.26 Å². The first-order valence-electron chi connectivity index (χ1n) is 6.63. The van der Waals surface area contributed by atoms with Crippen LogP contribution < -0.4 is 0 Å². The van der Waals surface area contributed by atoms with E-state index < -0.39 is 6.04 Å². The second-order valence-corrected chi connectivity index (χ2v) is 4.99. The van der Waals surface area contributed by atoms with Gasteiger partial charge in [0.15, 0.2) is 0 Å². The molecule has 2 heterocycles. The summed E-state index contributed by atoms with van der Waals surface area (Å²) in [7, 11) is 0. The Morgan fingerprint density at radius 3 is 3.00 bits per heavy atom. The fourth-order valence-corrected chi connectivity index (χ4v) is 2.53. The van der Waals surface area contributed by atoms with Crippen LogP contribution in [-0.2, 0) is 14.3 Å². The normalized spacial score (nSPS) is 32.2. The lowest BCUT2D eigenvalue weighted by atomic mass is 10.1. The van der Waals surface area contributed by atoms with Crippen LogP contribution in [0.2, 0.25) is 0 Å². The molecule has 0 spiro atoms. The van der Waals surface area contributed by atoms with Gasteiger partial charge in [-0.1, -0.05) is 0 Å². The van der Waals surface area contributed by atoms with E-state index in [9.17, 15) is 4.79 Å². The Kier molecular flexibility index (Phi) is 4.56. The Hall–Kier alpha value is -1.12. The zero-order chi connectivity index (χ0) is 13.0. The summed E-state index contributed by atoms with van der Waals surface area (Å²) in [5, 5.41) is 8.98. The highest BCUT2D eigenvalue weighted by atomic mass is 16.5. The largest absolute Gasteiger partial charge is 0.376 e. The van der Waals surface area contributed by atoms with Crippen LogP contribution in [0.15, 0.2) is 0 Å². The van der Waals surface area contributed by atoms with Crippen LogP contribution >= 0.6 is 0 Å². The summed E-state index contributed by atoms with van der Waals surface area (Å²) < 4.78 is 10.9. The monoisotopic (exact) mass is 252 g/mol. The highest BCUT2D eigenvalue weighted by Gasteiger charge is 2.28. The van der Waals surface area contributed by atoms with Crippen molar-refractivity contribution in [2.45, 2.75) is 50.9 Å². The van der Waals surface area contributed by atoms with Gasteiger partial charge in [-0.05, 0) is 26.2 Å². The van der Waals surface area contributed by atoms with Gasteiger partial charge in [0.25, 0.3) is 0 Å². The summed E-state index contributed by atoms with van der Waals surface area (Å²) in [6.45, 7) is 3.45. The third-order valence-electron chi connectivity index (χ3n) is 3.60. The lowest BCUT2D eigenvalue weighted by Crippen LogP contribution is -2.48. The molecule has 2 saturated heterocycles. The minimum absolute atomic E-state index is 0.0491. The molecule has 2 fully saturated rings. The van der Waals surface area contributed by atoms with E-state index in [-0.39, 0.29) is 12.0 Å². The van der Waals surface area contributed by atoms with Gasteiger partial charge in [0.05, 0.1) is 31.5 Å². The van der Waals surface area contributed by atoms with E-state index in [1.165, 1.54) is 0 Å². The number of carbonyl (C=O) groups excluding carboxylic acids is 1. The predicted molar refractivity (Wildman–Crippen MR) is 64.7 cm³/mol. The van der Waals surface area contributed by atoms with E-state index in [1.54, 1.807) is 4.90 Å². The fraction of sp³-hybridized carbons (Fsp3) is 0.846. The molecule has 0 aliphatic carbocycles. The average Bonchev–Trinajstić information content (AvgIpc) is 2.81. The van der Waals surface area contributed by atoms with Gasteiger partial charge in [0.2, 0.25) is 5.91 Å². The molecule has 0 aromatic carbocycles. The van der Waals surface area contributed by atoms with Crippen molar-refractivity contribution in [3.63, 3.8) is 0 Å². The molecule has 2 aliphatic rings. The lowest BCUT2D eigenvalue weighted by molar-refractivity contribution is -0.138. The van der Waals surface area contributed by atoms with Gasteiger partial charge in [-0.3, -0.25) is 4.79 Å². The second kappa shape index (κ2) is 6.17. The number of carbonyl (C=O) groups is 1. The van der Waals surface area contributed by atoms with Crippen molar-refractivity contribution in [2.75, 3.05) is 19.8 Å². The van der Waals surface area contributed by atoms with Crippen molar-refractivity contribution >= 4 is 5.91 Å². The van der Waals surface area contributed by atoms with Gasteiger partial charge in [-0.15, -0.1) is 0 Å². The first-order valence-corrected chi connectivity index (χ1v) is 6.63. The van der Waals surface area contributed by atoms with Crippen LogP contribution in [0.4, 0.5) is 0 Å². The van der Waals surface area contributed by atoms with Gasteiger partial charge in [0, 0.05) is 13.0 Å². The molecule has 0 saturated carbocycles. The summed E-state index contributed by atoms with van der Waals surface area (Å²) in [6.07, 6.45) is 3.89. The van der Waals surface area contributed by atoms with Crippen LogP contribution in [-0.4, -0.2) is 48.8 Å². The summed E-state index contributed by atoms with van der Waals surface area (Å²) in [5.41, 5.74) is 0. The lowest BCUT2D eigenvalue weighted by Gasteiger charge is -2.31. The molecule has 1 amide bonds. The first kappa shape index (κ1) is 13.3. The van der Waals surface area contributed by atoms with Crippen LogP contribution in [0.1, 0.15) is 32.6 Å². The molecule has 18 heavy (non-hydrogen) atoms. The average molecular weight is 252 g/mol. The molecule has 0 radical (unpaired) electrons. The molecule has 2 aliphatic heterocycles. The van der Waals surface area contributed by atoms with Crippen molar-refractivity contribution in [3.05, 3.63) is 0 Å². The molecule has 0 bridgehead atoms. The number of ether oxygens (including phenoxy) is 2. The molecule has 0 N–H and O–H groups in total. The third-order valence-corrected chi connectivity index (χ3v) is 3.60. The molecule has 100 valence electrons. The zero-order valence-electron chi connectivity index (χ0n) is 10.8. The number of nitriles is 1. The van der Waals surface area contributed by atoms with Crippen LogP contribution in [0.3, 0.4) is 0 Å². The Morgan fingerprint density at radius 1 is 1.50 bits per heavy atom. The van der Waals surface area contributed by atoms with E-state index in [0.29, 0.717) is 32.3 Å². The van der Waals surface area contributed by atoms with E-state index in [4.69, 9.17) is 14.7 Å². The maximum absolute atomic E-state index is 12.1. The minimum atomic E-state index is -0.422. The zero-order valence-corrected chi connectivity index (χ0v) is 10.8.